The zero-order chi connectivity index (χ0) is 17.6. The highest BCUT2D eigenvalue weighted by Gasteiger charge is 2.56. The Bertz CT molecular complexity index is 868. The predicted molar refractivity (Wildman–Crippen MR) is 93.9 cm³/mol. The van der Waals surface area contributed by atoms with E-state index >= 15 is 0 Å². The lowest BCUT2D eigenvalue weighted by Crippen LogP contribution is -2.69. The van der Waals surface area contributed by atoms with Crippen molar-refractivity contribution in [1.82, 2.24) is 19.4 Å². The Labute approximate surface area is 146 Å². The van der Waals surface area contributed by atoms with Crippen molar-refractivity contribution in [1.29, 1.82) is 5.26 Å². The van der Waals surface area contributed by atoms with Crippen molar-refractivity contribution in [2.75, 3.05) is 24.5 Å². The summed E-state index contributed by atoms with van der Waals surface area (Å²) < 4.78 is 2.11. The first-order valence-electron chi connectivity index (χ1n) is 8.83. The highest BCUT2D eigenvalue weighted by atomic mass is 16.2. The average Bonchev–Trinajstić information content (AvgIpc) is 3.25. The molecule has 0 N–H and O–H groups in total. The van der Waals surface area contributed by atoms with Crippen molar-refractivity contribution in [3.05, 3.63) is 18.6 Å². The van der Waals surface area contributed by atoms with Gasteiger partial charge < -0.3 is 14.4 Å². The van der Waals surface area contributed by atoms with E-state index in [1.165, 1.54) is 0 Å². The third-order valence-corrected chi connectivity index (χ3v) is 5.90. The molecule has 4 rings (SSSR count). The quantitative estimate of drug-likeness (QED) is 0.852. The van der Waals surface area contributed by atoms with Crippen LogP contribution in [0.4, 0.5) is 5.82 Å². The highest BCUT2D eigenvalue weighted by molar-refractivity contribution is 5.88. The van der Waals surface area contributed by atoms with Gasteiger partial charge in [0, 0.05) is 32.4 Å². The minimum atomic E-state index is -0.154. The number of rotatable bonds is 3. The van der Waals surface area contributed by atoms with E-state index in [9.17, 15) is 4.79 Å². The second kappa shape index (κ2) is 5.73. The van der Waals surface area contributed by atoms with Crippen LogP contribution in [0, 0.1) is 17.2 Å². The number of aryl methyl sites for hydroxylation is 1. The molecule has 2 fully saturated rings. The fourth-order valence-electron chi connectivity index (χ4n) is 4.41. The predicted octanol–water partition coefficient (Wildman–Crippen LogP) is 1.79. The SMILES string of the molecule is CCn1ccc2c(N3CC[C@]4(C3)[C@@H](C)CN4C(=O)CC#N)ncnc21. The van der Waals surface area contributed by atoms with E-state index in [1.54, 1.807) is 6.33 Å². The maximum Gasteiger partial charge on any atom is 0.237 e. The van der Waals surface area contributed by atoms with Gasteiger partial charge in [-0.2, -0.15) is 5.26 Å². The fraction of sp³-hybridized carbons (Fsp3) is 0.556. The number of nitrogens with zero attached hydrogens (tertiary/aromatic N) is 6. The summed E-state index contributed by atoms with van der Waals surface area (Å²) in [6.07, 6.45) is 4.55. The molecule has 0 bridgehead atoms. The molecule has 2 saturated heterocycles. The van der Waals surface area contributed by atoms with E-state index in [1.807, 2.05) is 17.2 Å². The Balaban J connectivity index is 1.64. The van der Waals surface area contributed by atoms with Crippen LogP contribution < -0.4 is 4.90 Å². The number of carbonyl (C=O) groups is 1. The van der Waals surface area contributed by atoms with Gasteiger partial charge in [0.05, 0.1) is 17.0 Å². The monoisotopic (exact) mass is 338 g/mol. The van der Waals surface area contributed by atoms with Crippen molar-refractivity contribution < 1.29 is 4.79 Å². The van der Waals surface area contributed by atoms with Crippen LogP contribution in [0.3, 0.4) is 0 Å². The van der Waals surface area contributed by atoms with Gasteiger partial charge in [-0.25, -0.2) is 9.97 Å². The fourth-order valence-corrected chi connectivity index (χ4v) is 4.41. The van der Waals surface area contributed by atoms with Gasteiger partial charge in [-0.15, -0.1) is 0 Å². The van der Waals surface area contributed by atoms with Crippen molar-refractivity contribution >= 4 is 22.8 Å². The lowest BCUT2D eigenvalue weighted by Gasteiger charge is -2.55. The third kappa shape index (κ3) is 2.20. The number of nitriles is 1. The van der Waals surface area contributed by atoms with Gasteiger partial charge >= 0.3 is 0 Å². The normalized spacial score (nSPS) is 25.4. The molecule has 25 heavy (non-hydrogen) atoms. The summed E-state index contributed by atoms with van der Waals surface area (Å²) in [6.45, 7) is 7.56. The van der Waals surface area contributed by atoms with E-state index in [2.05, 4.69) is 39.3 Å². The first-order valence-corrected chi connectivity index (χ1v) is 8.83. The molecule has 130 valence electrons. The van der Waals surface area contributed by atoms with Crippen LogP contribution in [0.5, 0.6) is 0 Å². The third-order valence-electron chi connectivity index (χ3n) is 5.90. The van der Waals surface area contributed by atoms with Gasteiger partial charge in [0.2, 0.25) is 5.91 Å². The summed E-state index contributed by atoms with van der Waals surface area (Å²) in [5, 5.41) is 9.91. The molecule has 1 spiro atoms. The zero-order valence-corrected chi connectivity index (χ0v) is 14.6. The molecule has 2 aromatic heterocycles. The van der Waals surface area contributed by atoms with Crippen LogP contribution in [0.25, 0.3) is 11.0 Å². The Morgan fingerprint density at radius 3 is 3.04 bits per heavy atom. The van der Waals surface area contributed by atoms with Crippen molar-refractivity contribution in [2.45, 2.75) is 38.8 Å². The Morgan fingerprint density at radius 1 is 1.48 bits per heavy atom. The van der Waals surface area contributed by atoms with E-state index in [-0.39, 0.29) is 17.9 Å². The van der Waals surface area contributed by atoms with E-state index in [0.717, 1.165) is 49.5 Å². The van der Waals surface area contributed by atoms with Crippen molar-refractivity contribution in [2.24, 2.45) is 5.92 Å². The van der Waals surface area contributed by atoms with Crippen molar-refractivity contribution in [3.8, 4) is 6.07 Å². The summed E-state index contributed by atoms with van der Waals surface area (Å²) >= 11 is 0. The molecule has 1 amide bonds. The van der Waals surface area contributed by atoms with Gasteiger partial charge in [-0.05, 0) is 25.3 Å². The van der Waals surface area contributed by atoms with Crippen LogP contribution in [0.15, 0.2) is 18.6 Å². The lowest BCUT2D eigenvalue weighted by molar-refractivity contribution is -0.152. The maximum atomic E-state index is 12.3. The minimum absolute atomic E-state index is 0.0361. The molecule has 2 aliphatic heterocycles. The number of likely N-dealkylation sites (tertiary alicyclic amines) is 1. The molecular formula is C18H22N6O. The molecule has 2 atom stereocenters. The zero-order valence-electron chi connectivity index (χ0n) is 14.6. The Hall–Kier alpha value is -2.62. The van der Waals surface area contributed by atoms with Gasteiger partial charge in [-0.3, -0.25) is 4.79 Å². The number of hydrogen-bond acceptors (Lipinski definition) is 5. The molecule has 0 aliphatic carbocycles. The number of aromatic nitrogens is 3. The number of amides is 1. The molecular weight excluding hydrogens is 316 g/mol. The van der Waals surface area contributed by atoms with E-state index in [0.29, 0.717) is 5.92 Å². The molecule has 7 nitrogen and oxygen atoms in total. The maximum absolute atomic E-state index is 12.3. The molecule has 0 radical (unpaired) electrons. The number of anilines is 1. The molecule has 0 unspecified atom stereocenters. The number of fused-ring (bicyclic) bond motifs is 1. The molecule has 0 aromatic carbocycles. The van der Waals surface area contributed by atoms with Crippen LogP contribution in [0.1, 0.15) is 26.7 Å². The molecule has 0 saturated carbocycles. The summed E-state index contributed by atoms with van der Waals surface area (Å²) in [4.78, 5) is 25.4. The van der Waals surface area contributed by atoms with E-state index < -0.39 is 0 Å². The molecule has 7 heteroatoms. The summed E-state index contributed by atoms with van der Waals surface area (Å²) in [5.74, 6) is 1.34. The smallest absolute Gasteiger partial charge is 0.237 e. The molecule has 4 heterocycles. The van der Waals surface area contributed by atoms with Crippen LogP contribution in [-0.4, -0.2) is 50.5 Å². The highest BCUT2D eigenvalue weighted by Crippen LogP contribution is 2.45. The molecule has 2 aliphatic rings. The van der Waals surface area contributed by atoms with Gasteiger partial charge in [0.25, 0.3) is 0 Å². The molecule has 2 aromatic rings. The second-order valence-electron chi connectivity index (χ2n) is 7.05. The van der Waals surface area contributed by atoms with Gasteiger partial charge in [0.1, 0.15) is 24.2 Å². The van der Waals surface area contributed by atoms with Crippen molar-refractivity contribution in [3.63, 3.8) is 0 Å². The van der Waals surface area contributed by atoms with Gasteiger partial charge in [-0.1, -0.05) is 6.92 Å². The standard InChI is InChI=1S/C18H22N6O/c1-3-22-8-5-14-16(22)20-12-21-17(14)23-9-6-18(11-23)13(2)10-24(18)15(25)4-7-19/h5,8,12-13H,3-4,6,9-11H2,1-2H3/t13-,18-/m0/s1. The summed E-state index contributed by atoms with van der Waals surface area (Å²) in [7, 11) is 0. The summed E-state index contributed by atoms with van der Waals surface area (Å²) in [6, 6.07) is 4.06. The second-order valence-corrected chi connectivity index (χ2v) is 7.05. The largest absolute Gasteiger partial charge is 0.353 e. The first kappa shape index (κ1) is 15.9. The van der Waals surface area contributed by atoms with Gasteiger partial charge in [0.15, 0.2) is 0 Å². The average molecular weight is 338 g/mol. The lowest BCUT2D eigenvalue weighted by atomic mass is 9.74. The first-order chi connectivity index (χ1) is 12.1. The van der Waals surface area contributed by atoms with E-state index in [4.69, 9.17) is 5.26 Å². The summed E-state index contributed by atoms with van der Waals surface area (Å²) in [5.41, 5.74) is 0.797. The Morgan fingerprint density at radius 2 is 2.32 bits per heavy atom. The number of carbonyl (C=O) groups excluding carboxylic acids is 1. The topological polar surface area (TPSA) is 78.0 Å². The van der Waals surface area contributed by atoms with Crippen LogP contribution >= 0.6 is 0 Å². The van der Waals surface area contributed by atoms with Crippen LogP contribution in [-0.2, 0) is 11.3 Å². The minimum Gasteiger partial charge on any atom is -0.353 e. The number of hydrogen-bond donors (Lipinski definition) is 0. The van der Waals surface area contributed by atoms with Crippen LogP contribution in [0.2, 0.25) is 0 Å². The Kier molecular flexibility index (Phi) is 3.64.